The molecule has 0 fully saturated rings. The number of ketones is 2. The van der Waals surface area contributed by atoms with Gasteiger partial charge in [-0.1, -0.05) is 6.58 Å². The highest BCUT2D eigenvalue weighted by molar-refractivity contribution is 8.00. The number of thioether (sulfide) groups is 1. The fraction of sp³-hybridized carbons (Fsp3) is 0.286. The molecule has 0 saturated heterocycles. The molecule has 1 heterocycles. The Labute approximate surface area is 111 Å². The van der Waals surface area contributed by atoms with Gasteiger partial charge in [0.2, 0.25) is 0 Å². The second kappa shape index (κ2) is 5.40. The molecule has 0 aromatic heterocycles. The Bertz CT molecular complexity index is 523. The second-order valence-corrected chi connectivity index (χ2v) is 5.38. The lowest BCUT2D eigenvalue weighted by Crippen LogP contribution is -2.05. The topological polar surface area (TPSA) is 46.2 Å². The van der Waals surface area contributed by atoms with Gasteiger partial charge in [-0.05, 0) is 30.7 Å². The predicted octanol–water partition coefficient (Wildman–Crippen LogP) is 2.67. The van der Waals surface area contributed by atoms with Crippen molar-refractivity contribution in [2.24, 2.45) is 0 Å². The molecule has 0 radical (unpaired) electrons. The normalized spacial score (nSPS) is 13.1. The van der Waals surface area contributed by atoms with Gasteiger partial charge in [0.25, 0.3) is 0 Å². The van der Waals surface area contributed by atoms with E-state index in [0.717, 1.165) is 23.4 Å². The quantitative estimate of drug-likeness (QED) is 0.828. The van der Waals surface area contributed by atoms with Crippen LogP contribution in [0.15, 0.2) is 30.5 Å². The number of anilines is 1. The van der Waals surface area contributed by atoms with Crippen molar-refractivity contribution in [3.8, 4) is 0 Å². The van der Waals surface area contributed by atoms with Crippen LogP contribution in [0.5, 0.6) is 0 Å². The fourth-order valence-electron chi connectivity index (χ4n) is 1.87. The van der Waals surface area contributed by atoms with Crippen LogP contribution in [0.1, 0.15) is 22.8 Å². The first-order chi connectivity index (χ1) is 8.56. The number of allylic oxidation sites excluding steroid dienone is 1. The fourth-order valence-corrected chi connectivity index (χ4v) is 2.61. The highest BCUT2D eigenvalue weighted by Crippen LogP contribution is 2.28. The Kier molecular flexibility index (Phi) is 3.87. The number of hydrogen-bond acceptors (Lipinski definition) is 4. The van der Waals surface area contributed by atoms with Crippen LogP contribution in [0.2, 0.25) is 0 Å². The van der Waals surface area contributed by atoms with E-state index in [1.54, 1.807) is 0 Å². The Hall–Kier alpha value is -1.55. The maximum Gasteiger partial charge on any atom is 0.172 e. The van der Waals surface area contributed by atoms with Crippen LogP contribution in [-0.4, -0.2) is 23.1 Å². The molecule has 18 heavy (non-hydrogen) atoms. The largest absolute Gasteiger partial charge is 0.359 e. The molecule has 0 atom stereocenters. The number of carbonyl (C=O) groups is 2. The summed E-state index contributed by atoms with van der Waals surface area (Å²) in [4.78, 5) is 22.7. The zero-order chi connectivity index (χ0) is 13.1. The summed E-state index contributed by atoms with van der Waals surface area (Å²) in [6.07, 6.45) is 0.775. The summed E-state index contributed by atoms with van der Waals surface area (Å²) in [6, 6.07) is 5.65. The second-order valence-electron chi connectivity index (χ2n) is 4.40. The lowest BCUT2D eigenvalue weighted by Gasteiger charge is -2.03. The van der Waals surface area contributed by atoms with Crippen LogP contribution in [0.3, 0.4) is 0 Å². The molecule has 0 unspecified atom stereocenters. The Morgan fingerprint density at radius 2 is 2.17 bits per heavy atom. The van der Waals surface area contributed by atoms with E-state index in [9.17, 15) is 9.59 Å². The van der Waals surface area contributed by atoms with Crippen molar-refractivity contribution in [2.45, 2.75) is 13.3 Å². The summed E-state index contributed by atoms with van der Waals surface area (Å²) in [6.45, 7) is 5.41. The summed E-state index contributed by atoms with van der Waals surface area (Å²) in [5.74, 6) is 0.922. The third-order valence-electron chi connectivity index (χ3n) is 2.68. The lowest BCUT2D eigenvalue weighted by atomic mass is 10.1. The van der Waals surface area contributed by atoms with Gasteiger partial charge in [-0.3, -0.25) is 9.59 Å². The molecule has 0 spiro atoms. The van der Waals surface area contributed by atoms with Gasteiger partial charge < -0.3 is 5.32 Å². The third kappa shape index (κ3) is 3.01. The molecule has 0 bridgehead atoms. The van der Waals surface area contributed by atoms with Crippen molar-refractivity contribution in [1.82, 2.24) is 0 Å². The first-order valence-electron chi connectivity index (χ1n) is 5.74. The molecule has 1 N–H and O–H groups in total. The van der Waals surface area contributed by atoms with Gasteiger partial charge in [-0.2, -0.15) is 0 Å². The Balaban J connectivity index is 2.01. The number of benzene rings is 1. The average molecular weight is 261 g/mol. The van der Waals surface area contributed by atoms with Gasteiger partial charge in [0.05, 0.1) is 11.5 Å². The average Bonchev–Trinajstić information content (AvgIpc) is 2.67. The van der Waals surface area contributed by atoms with Gasteiger partial charge in [0.15, 0.2) is 5.78 Å². The highest BCUT2D eigenvalue weighted by Gasteiger charge is 2.15. The standard InChI is InChI=1S/C14H15NO2S/c1-9-5-12-6-11(3-4-13(12)15-9)14(17)8-18-7-10(2)16/h3-4,6,15H,1,5,7-8H2,2H3. The molecule has 1 aliphatic rings. The molecule has 0 saturated carbocycles. The van der Waals surface area contributed by atoms with E-state index in [0.29, 0.717) is 17.1 Å². The highest BCUT2D eigenvalue weighted by atomic mass is 32.2. The smallest absolute Gasteiger partial charge is 0.172 e. The van der Waals surface area contributed by atoms with Crippen LogP contribution in [0, 0.1) is 0 Å². The van der Waals surface area contributed by atoms with E-state index in [1.165, 1.54) is 18.7 Å². The van der Waals surface area contributed by atoms with Gasteiger partial charge in [-0.15, -0.1) is 11.8 Å². The summed E-state index contributed by atoms with van der Waals surface area (Å²) in [5.41, 5.74) is 3.82. The zero-order valence-electron chi connectivity index (χ0n) is 10.3. The molecule has 94 valence electrons. The molecule has 0 aliphatic carbocycles. The van der Waals surface area contributed by atoms with Crippen molar-refractivity contribution >= 4 is 29.0 Å². The van der Waals surface area contributed by atoms with Crippen LogP contribution in [-0.2, 0) is 11.2 Å². The van der Waals surface area contributed by atoms with Crippen LogP contribution >= 0.6 is 11.8 Å². The molecule has 1 aromatic rings. The summed E-state index contributed by atoms with van der Waals surface area (Å²) in [5, 5.41) is 3.17. The van der Waals surface area contributed by atoms with Gasteiger partial charge in [-0.25, -0.2) is 0 Å². The molecular formula is C14H15NO2S. The summed E-state index contributed by atoms with van der Waals surface area (Å²) >= 11 is 1.37. The number of rotatable bonds is 5. The summed E-state index contributed by atoms with van der Waals surface area (Å²) in [7, 11) is 0. The van der Waals surface area contributed by atoms with Crippen LogP contribution in [0.4, 0.5) is 5.69 Å². The Morgan fingerprint density at radius 3 is 2.89 bits per heavy atom. The molecule has 3 nitrogen and oxygen atoms in total. The minimum atomic E-state index is 0.0709. The van der Waals surface area contributed by atoms with Gasteiger partial charge in [0.1, 0.15) is 5.78 Å². The number of carbonyl (C=O) groups excluding carboxylic acids is 2. The maximum absolute atomic E-state index is 11.9. The van der Waals surface area contributed by atoms with E-state index >= 15 is 0 Å². The predicted molar refractivity (Wildman–Crippen MR) is 75.2 cm³/mol. The van der Waals surface area contributed by atoms with Crippen molar-refractivity contribution in [3.05, 3.63) is 41.6 Å². The third-order valence-corrected chi connectivity index (χ3v) is 3.76. The lowest BCUT2D eigenvalue weighted by molar-refractivity contribution is -0.114. The van der Waals surface area contributed by atoms with E-state index in [2.05, 4.69) is 11.9 Å². The molecule has 2 rings (SSSR count). The monoisotopic (exact) mass is 261 g/mol. The molecule has 0 amide bonds. The van der Waals surface area contributed by atoms with E-state index in [-0.39, 0.29) is 11.6 Å². The van der Waals surface area contributed by atoms with Crippen molar-refractivity contribution in [2.75, 3.05) is 16.8 Å². The molecule has 1 aromatic carbocycles. The summed E-state index contributed by atoms with van der Waals surface area (Å²) < 4.78 is 0. The van der Waals surface area contributed by atoms with Crippen molar-refractivity contribution in [3.63, 3.8) is 0 Å². The van der Waals surface area contributed by atoms with Gasteiger partial charge in [0, 0.05) is 23.4 Å². The Morgan fingerprint density at radius 1 is 1.39 bits per heavy atom. The first kappa shape index (κ1) is 12.9. The van der Waals surface area contributed by atoms with Crippen LogP contribution < -0.4 is 5.32 Å². The van der Waals surface area contributed by atoms with Crippen LogP contribution in [0.25, 0.3) is 0 Å². The molecule has 1 aliphatic heterocycles. The first-order valence-corrected chi connectivity index (χ1v) is 6.90. The number of nitrogens with one attached hydrogen (secondary N) is 1. The number of fused-ring (bicyclic) bond motifs is 1. The van der Waals surface area contributed by atoms with Crippen molar-refractivity contribution in [1.29, 1.82) is 0 Å². The minimum absolute atomic E-state index is 0.0709. The van der Waals surface area contributed by atoms with E-state index in [1.807, 2.05) is 18.2 Å². The zero-order valence-corrected chi connectivity index (χ0v) is 11.1. The molecular weight excluding hydrogens is 246 g/mol. The number of hydrogen-bond donors (Lipinski definition) is 1. The van der Waals surface area contributed by atoms with Gasteiger partial charge >= 0.3 is 0 Å². The van der Waals surface area contributed by atoms with Crippen molar-refractivity contribution < 1.29 is 9.59 Å². The minimum Gasteiger partial charge on any atom is -0.359 e. The maximum atomic E-state index is 11.9. The SMILES string of the molecule is C=C1Cc2cc(C(=O)CSCC(C)=O)ccc2N1. The molecule has 4 heteroatoms. The van der Waals surface area contributed by atoms with E-state index in [4.69, 9.17) is 0 Å². The number of Topliss-reactive ketones (excluding diaryl/α,β-unsaturated/α-hetero) is 2. The van der Waals surface area contributed by atoms with E-state index < -0.39 is 0 Å².